The van der Waals surface area contributed by atoms with Gasteiger partial charge < -0.3 is 15.2 Å². The van der Waals surface area contributed by atoms with Crippen LogP contribution in [0.1, 0.15) is 33.6 Å². The summed E-state index contributed by atoms with van der Waals surface area (Å²) in [6.07, 6.45) is 2.03. The lowest BCUT2D eigenvalue weighted by Crippen LogP contribution is -2.45. The maximum Gasteiger partial charge on any atom is 0.323 e. The van der Waals surface area contributed by atoms with Gasteiger partial charge >= 0.3 is 5.97 Å². The van der Waals surface area contributed by atoms with Gasteiger partial charge in [0.25, 0.3) is 0 Å². The first-order chi connectivity index (χ1) is 7.04. The highest BCUT2D eigenvalue weighted by Gasteiger charge is 2.32. The van der Waals surface area contributed by atoms with E-state index >= 15 is 0 Å². The van der Waals surface area contributed by atoms with Crippen molar-refractivity contribution in [3.05, 3.63) is 0 Å². The first-order valence-corrected chi connectivity index (χ1v) is 5.62. The molecule has 88 valence electrons. The Balaban J connectivity index is 2.51. The lowest BCUT2D eigenvalue weighted by atomic mass is 9.87. The Morgan fingerprint density at radius 2 is 2.00 bits per heavy atom. The standard InChI is InChI=1S/C11H21NO3/c1-4-14-11(13)10(12)9-5-7(2)15-8(3)6-9/h7-10H,4-6,12H2,1-3H3/t7-,8-,10+/m1/s1. The Morgan fingerprint density at radius 1 is 1.47 bits per heavy atom. The van der Waals surface area contributed by atoms with Crippen LogP contribution in [-0.2, 0) is 14.3 Å². The molecule has 1 rings (SSSR count). The average Bonchev–Trinajstić information content (AvgIpc) is 2.15. The average molecular weight is 215 g/mol. The van der Waals surface area contributed by atoms with Crippen LogP contribution in [-0.4, -0.2) is 30.8 Å². The van der Waals surface area contributed by atoms with Crippen LogP contribution in [0.25, 0.3) is 0 Å². The Hall–Kier alpha value is -0.610. The molecule has 15 heavy (non-hydrogen) atoms. The van der Waals surface area contributed by atoms with Crippen molar-refractivity contribution in [3.63, 3.8) is 0 Å². The van der Waals surface area contributed by atoms with Crippen molar-refractivity contribution in [3.8, 4) is 0 Å². The van der Waals surface area contributed by atoms with Gasteiger partial charge in [0, 0.05) is 0 Å². The van der Waals surface area contributed by atoms with Crippen molar-refractivity contribution < 1.29 is 14.3 Å². The molecule has 4 heteroatoms. The molecule has 3 atom stereocenters. The smallest absolute Gasteiger partial charge is 0.323 e. The Kier molecular flexibility index (Phi) is 4.54. The molecule has 0 saturated carbocycles. The third-order valence-electron chi connectivity index (χ3n) is 2.80. The van der Waals surface area contributed by atoms with Gasteiger partial charge in [-0.05, 0) is 39.5 Å². The molecule has 0 radical (unpaired) electrons. The van der Waals surface area contributed by atoms with Crippen molar-refractivity contribution in [2.75, 3.05) is 6.61 Å². The van der Waals surface area contributed by atoms with E-state index in [1.54, 1.807) is 6.92 Å². The summed E-state index contributed by atoms with van der Waals surface area (Å²) in [5, 5.41) is 0. The van der Waals surface area contributed by atoms with Crippen molar-refractivity contribution in [1.29, 1.82) is 0 Å². The third-order valence-corrected chi connectivity index (χ3v) is 2.80. The minimum atomic E-state index is -0.501. The minimum Gasteiger partial charge on any atom is -0.465 e. The van der Waals surface area contributed by atoms with Gasteiger partial charge in [-0.1, -0.05) is 0 Å². The predicted octanol–water partition coefficient (Wildman–Crippen LogP) is 1.08. The highest BCUT2D eigenvalue weighted by atomic mass is 16.5. The van der Waals surface area contributed by atoms with Crippen LogP contribution in [0, 0.1) is 5.92 Å². The van der Waals surface area contributed by atoms with Crippen LogP contribution < -0.4 is 5.73 Å². The summed E-state index contributed by atoms with van der Waals surface area (Å²) < 4.78 is 10.5. The van der Waals surface area contributed by atoms with Gasteiger partial charge in [-0.3, -0.25) is 4.79 Å². The quantitative estimate of drug-likeness (QED) is 0.716. The second kappa shape index (κ2) is 5.47. The summed E-state index contributed by atoms with van der Waals surface area (Å²) in [6.45, 7) is 6.21. The number of hydrogen-bond donors (Lipinski definition) is 1. The fourth-order valence-corrected chi connectivity index (χ4v) is 2.18. The SMILES string of the molecule is CCOC(=O)[C@@H](N)C1C[C@@H](C)O[C@H](C)C1. The maximum atomic E-state index is 11.5. The number of nitrogens with two attached hydrogens (primary N) is 1. The molecule has 0 amide bonds. The minimum absolute atomic E-state index is 0.180. The summed E-state index contributed by atoms with van der Waals surface area (Å²) >= 11 is 0. The molecule has 1 aliphatic rings. The summed E-state index contributed by atoms with van der Waals surface area (Å²) in [7, 11) is 0. The zero-order chi connectivity index (χ0) is 11.4. The Morgan fingerprint density at radius 3 is 2.47 bits per heavy atom. The summed E-state index contributed by atoms with van der Waals surface area (Å²) in [4.78, 5) is 11.5. The third kappa shape index (κ3) is 3.47. The first kappa shape index (κ1) is 12.5. The summed E-state index contributed by atoms with van der Waals surface area (Å²) in [6, 6.07) is -0.501. The molecule has 1 heterocycles. The summed E-state index contributed by atoms with van der Waals surface area (Å²) in [5.74, 6) is -0.105. The number of ether oxygens (including phenoxy) is 2. The molecule has 4 nitrogen and oxygen atoms in total. The monoisotopic (exact) mass is 215 g/mol. The lowest BCUT2D eigenvalue weighted by molar-refractivity contribution is -0.148. The van der Waals surface area contributed by atoms with E-state index in [0.29, 0.717) is 6.61 Å². The molecular formula is C11H21NO3. The molecule has 1 aliphatic heterocycles. The van der Waals surface area contributed by atoms with Crippen LogP contribution >= 0.6 is 0 Å². The summed E-state index contributed by atoms with van der Waals surface area (Å²) in [5.41, 5.74) is 5.87. The van der Waals surface area contributed by atoms with Crippen LogP contribution in [0.5, 0.6) is 0 Å². The van der Waals surface area contributed by atoms with Crippen molar-refractivity contribution in [2.24, 2.45) is 11.7 Å². The first-order valence-electron chi connectivity index (χ1n) is 5.62. The van der Waals surface area contributed by atoms with E-state index in [2.05, 4.69) is 0 Å². The fourth-order valence-electron chi connectivity index (χ4n) is 2.18. The number of rotatable bonds is 3. The van der Waals surface area contributed by atoms with E-state index < -0.39 is 6.04 Å². The van der Waals surface area contributed by atoms with Crippen LogP contribution in [0.15, 0.2) is 0 Å². The second-order valence-corrected chi connectivity index (χ2v) is 4.27. The van der Waals surface area contributed by atoms with Gasteiger partial charge in [0.1, 0.15) is 6.04 Å². The van der Waals surface area contributed by atoms with Crippen LogP contribution in [0.3, 0.4) is 0 Å². The predicted molar refractivity (Wildman–Crippen MR) is 57.3 cm³/mol. The van der Waals surface area contributed by atoms with Crippen LogP contribution in [0.4, 0.5) is 0 Å². The second-order valence-electron chi connectivity index (χ2n) is 4.27. The molecule has 0 unspecified atom stereocenters. The molecule has 2 N–H and O–H groups in total. The van der Waals surface area contributed by atoms with E-state index in [0.717, 1.165) is 12.8 Å². The van der Waals surface area contributed by atoms with Crippen molar-refractivity contribution in [2.45, 2.75) is 51.9 Å². The molecule has 0 aromatic rings. The maximum absolute atomic E-state index is 11.5. The normalized spacial score (nSPS) is 33.5. The number of hydrogen-bond acceptors (Lipinski definition) is 4. The highest BCUT2D eigenvalue weighted by Crippen LogP contribution is 2.26. The van der Waals surface area contributed by atoms with E-state index in [-0.39, 0.29) is 24.1 Å². The fraction of sp³-hybridized carbons (Fsp3) is 0.909. The van der Waals surface area contributed by atoms with Crippen LogP contribution in [0.2, 0.25) is 0 Å². The molecule has 0 aliphatic carbocycles. The van der Waals surface area contributed by atoms with Gasteiger partial charge in [0.05, 0.1) is 18.8 Å². The van der Waals surface area contributed by atoms with Gasteiger partial charge in [-0.15, -0.1) is 0 Å². The highest BCUT2D eigenvalue weighted by molar-refractivity contribution is 5.75. The topological polar surface area (TPSA) is 61.5 Å². The van der Waals surface area contributed by atoms with Gasteiger partial charge in [0.15, 0.2) is 0 Å². The molecule has 1 saturated heterocycles. The van der Waals surface area contributed by atoms with Gasteiger partial charge in [-0.2, -0.15) is 0 Å². The molecule has 0 aromatic heterocycles. The van der Waals surface area contributed by atoms with Crippen molar-refractivity contribution >= 4 is 5.97 Å². The Labute approximate surface area is 91.1 Å². The largest absolute Gasteiger partial charge is 0.465 e. The zero-order valence-corrected chi connectivity index (χ0v) is 9.73. The number of carbonyl (C=O) groups excluding carboxylic acids is 1. The zero-order valence-electron chi connectivity index (χ0n) is 9.73. The van der Waals surface area contributed by atoms with Gasteiger partial charge in [-0.25, -0.2) is 0 Å². The van der Waals surface area contributed by atoms with E-state index in [1.807, 2.05) is 13.8 Å². The lowest BCUT2D eigenvalue weighted by Gasteiger charge is -2.34. The van der Waals surface area contributed by atoms with Crippen molar-refractivity contribution in [1.82, 2.24) is 0 Å². The van der Waals surface area contributed by atoms with E-state index in [9.17, 15) is 4.79 Å². The van der Waals surface area contributed by atoms with Gasteiger partial charge in [0.2, 0.25) is 0 Å². The number of esters is 1. The molecule has 0 bridgehead atoms. The number of carbonyl (C=O) groups is 1. The van der Waals surface area contributed by atoms with E-state index in [1.165, 1.54) is 0 Å². The molecule has 0 aromatic carbocycles. The Bertz CT molecular complexity index is 210. The molecular weight excluding hydrogens is 194 g/mol. The molecule has 1 fully saturated rings. The van der Waals surface area contributed by atoms with E-state index in [4.69, 9.17) is 15.2 Å². The molecule has 0 spiro atoms.